The number of benzene rings is 1. The van der Waals surface area contributed by atoms with Crippen molar-refractivity contribution in [2.45, 2.75) is 38.3 Å². The van der Waals surface area contributed by atoms with Gasteiger partial charge in [0.25, 0.3) is 10.0 Å². The molecule has 0 spiro atoms. The summed E-state index contributed by atoms with van der Waals surface area (Å²) in [7, 11) is -4.01. The summed E-state index contributed by atoms with van der Waals surface area (Å²) < 4.78 is 27.4. The Bertz CT molecular complexity index is 794. The van der Waals surface area contributed by atoms with Crippen molar-refractivity contribution < 1.29 is 23.2 Å². The van der Waals surface area contributed by atoms with Crippen LogP contribution in [0.4, 0.5) is 4.79 Å². The van der Waals surface area contributed by atoms with Gasteiger partial charge in [0.1, 0.15) is 0 Å². The van der Waals surface area contributed by atoms with Gasteiger partial charge in [-0.3, -0.25) is 0 Å². The fraction of sp³-hybridized carbons (Fsp3) is 0.429. The Morgan fingerprint density at radius 1 is 1.38 bits per heavy atom. The number of guanidine groups is 1. The van der Waals surface area contributed by atoms with Gasteiger partial charge in [-0.1, -0.05) is 26.8 Å². The van der Waals surface area contributed by atoms with Crippen LogP contribution in [-0.4, -0.2) is 30.7 Å². The molecule has 1 atom stereocenters. The van der Waals surface area contributed by atoms with Gasteiger partial charge >= 0.3 is 6.16 Å². The lowest BCUT2D eigenvalue weighted by molar-refractivity contribution is -0.169. The van der Waals surface area contributed by atoms with Crippen LogP contribution >= 0.6 is 0 Å². The summed E-state index contributed by atoms with van der Waals surface area (Å²) in [6.45, 7) is 5.95. The molecular formula is C14H20N4O5S. The van der Waals surface area contributed by atoms with Crippen molar-refractivity contribution in [3.05, 3.63) is 29.3 Å². The van der Waals surface area contributed by atoms with Crippen molar-refractivity contribution in [2.24, 2.45) is 21.3 Å². The van der Waals surface area contributed by atoms with Crippen LogP contribution in [0.3, 0.4) is 0 Å². The summed E-state index contributed by atoms with van der Waals surface area (Å²) in [5.41, 5.74) is 11.4. The molecule has 1 aromatic carbocycles. The minimum absolute atomic E-state index is 0.0699. The zero-order valence-electron chi connectivity index (χ0n) is 13.6. The van der Waals surface area contributed by atoms with Gasteiger partial charge in [-0.05, 0) is 28.7 Å². The summed E-state index contributed by atoms with van der Waals surface area (Å²) in [4.78, 5) is 15.7. The molecule has 5 N–H and O–H groups in total. The molecule has 1 aliphatic rings. The summed E-state index contributed by atoms with van der Waals surface area (Å²) >= 11 is 0. The molecule has 0 saturated heterocycles. The topological polar surface area (TPSA) is 148 Å². The van der Waals surface area contributed by atoms with E-state index in [0.29, 0.717) is 5.56 Å². The molecule has 1 heterocycles. The van der Waals surface area contributed by atoms with E-state index >= 15 is 0 Å². The Morgan fingerprint density at radius 3 is 2.50 bits per heavy atom. The van der Waals surface area contributed by atoms with Crippen LogP contribution in [-0.2, 0) is 21.4 Å². The first-order chi connectivity index (χ1) is 10.9. The molecule has 1 unspecified atom stereocenters. The van der Waals surface area contributed by atoms with E-state index in [9.17, 15) is 13.2 Å². The van der Waals surface area contributed by atoms with E-state index in [4.69, 9.17) is 21.4 Å². The number of hydrogen-bond donors (Lipinski definition) is 3. The van der Waals surface area contributed by atoms with Gasteiger partial charge in [-0.2, -0.15) is 8.42 Å². The highest BCUT2D eigenvalue weighted by molar-refractivity contribution is 7.90. The number of nitrogens with zero attached hydrogens (tertiary/aromatic N) is 2. The van der Waals surface area contributed by atoms with Gasteiger partial charge in [0.2, 0.25) is 5.96 Å². The van der Waals surface area contributed by atoms with Crippen LogP contribution < -0.4 is 11.5 Å². The molecule has 0 bridgehead atoms. The Morgan fingerprint density at radius 2 is 2.00 bits per heavy atom. The Labute approximate surface area is 139 Å². The molecule has 24 heavy (non-hydrogen) atoms. The van der Waals surface area contributed by atoms with E-state index in [1.165, 1.54) is 17.2 Å². The average Bonchev–Trinajstić information content (AvgIpc) is 2.72. The van der Waals surface area contributed by atoms with Crippen molar-refractivity contribution in [3.8, 4) is 0 Å². The van der Waals surface area contributed by atoms with Gasteiger partial charge in [0.15, 0.2) is 0 Å². The molecule has 0 aliphatic carbocycles. The van der Waals surface area contributed by atoms with E-state index in [2.05, 4.69) is 4.40 Å². The van der Waals surface area contributed by atoms with E-state index in [1.807, 2.05) is 20.8 Å². The second kappa shape index (κ2) is 5.95. The number of hydroxylamine groups is 2. The van der Waals surface area contributed by atoms with Gasteiger partial charge < -0.3 is 21.4 Å². The zero-order chi connectivity index (χ0) is 18.3. The van der Waals surface area contributed by atoms with Crippen molar-refractivity contribution in [3.63, 3.8) is 0 Å². The van der Waals surface area contributed by atoms with Crippen LogP contribution in [0.5, 0.6) is 0 Å². The maximum Gasteiger partial charge on any atom is 0.525 e. The van der Waals surface area contributed by atoms with E-state index < -0.39 is 22.1 Å². The number of carbonyl (C=O) groups is 1. The molecule has 132 valence electrons. The first-order valence-corrected chi connectivity index (χ1v) is 8.52. The molecule has 0 amide bonds. The van der Waals surface area contributed by atoms with Crippen LogP contribution in [0.2, 0.25) is 0 Å². The quantitative estimate of drug-likeness (QED) is 0.539. The molecule has 0 saturated carbocycles. The Hall–Kier alpha value is -2.33. The third-order valence-electron chi connectivity index (χ3n) is 3.56. The van der Waals surface area contributed by atoms with Crippen molar-refractivity contribution in [1.29, 1.82) is 0 Å². The monoisotopic (exact) mass is 356 g/mol. The molecular weight excluding hydrogens is 336 g/mol. The highest BCUT2D eigenvalue weighted by Gasteiger charge is 2.41. The molecule has 0 fully saturated rings. The largest absolute Gasteiger partial charge is 0.525 e. The fourth-order valence-electron chi connectivity index (χ4n) is 2.84. The molecule has 1 aliphatic heterocycles. The highest BCUT2D eigenvalue weighted by Crippen LogP contribution is 2.45. The van der Waals surface area contributed by atoms with Crippen LogP contribution in [0.25, 0.3) is 0 Å². The lowest BCUT2D eigenvalue weighted by atomic mass is 9.83. The first kappa shape index (κ1) is 18.0. The normalized spacial score (nSPS) is 18.0. The zero-order valence-corrected chi connectivity index (χ0v) is 14.4. The predicted molar refractivity (Wildman–Crippen MR) is 86.3 cm³/mol. The van der Waals surface area contributed by atoms with Gasteiger partial charge in [0.05, 0.1) is 17.5 Å². The number of fused-ring (bicyclic) bond motifs is 1. The lowest BCUT2D eigenvalue weighted by Crippen LogP contribution is -2.33. The molecule has 0 aromatic heterocycles. The maximum atomic E-state index is 12.1. The van der Waals surface area contributed by atoms with Gasteiger partial charge in [0, 0.05) is 0 Å². The Balaban J connectivity index is 2.49. The minimum atomic E-state index is -4.01. The second-order valence-corrected chi connectivity index (χ2v) is 8.16. The average molecular weight is 356 g/mol. The summed E-state index contributed by atoms with van der Waals surface area (Å²) in [6.07, 6.45) is -1.43. The van der Waals surface area contributed by atoms with E-state index in [0.717, 1.165) is 5.56 Å². The standard InChI is InChI=1S/C14H20N4O5S/c1-14(2,3)11-10-5-4-9(24(21,22)17-12(15)16)6-8(10)7-18(11)23-13(19)20/h4-6,11H,7H2,1-3H3,(H,19,20)(H4,15,16,17). The number of nitrogens with two attached hydrogens (primary N) is 2. The maximum absolute atomic E-state index is 12.1. The van der Waals surface area contributed by atoms with Crippen molar-refractivity contribution >= 4 is 22.1 Å². The molecule has 2 rings (SSSR count). The van der Waals surface area contributed by atoms with Crippen LogP contribution in [0.15, 0.2) is 27.5 Å². The highest BCUT2D eigenvalue weighted by atomic mass is 32.2. The molecule has 0 radical (unpaired) electrons. The summed E-state index contributed by atoms with van der Waals surface area (Å²) in [6, 6.07) is 4.11. The smallest absolute Gasteiger partial charge is 0.448 e. The minimum Gasteiger partial charge on any atom is -0.448 e. The third kappa shape index (κ3) is 3.60. The lowest BCUT2D eigenvalue weighted by Gasteiger charge is -2.33. The van der Waals surface area contributed by atoms with Gasteiger partial charge in [-0.15, -0.1) is 9.46 Å². The van der Waals surface area contributed by atoms with Crippen molar-refractivity contribution in [2.75, 3.05) is 0 Å². The number of hydrogen-bond acceptors (Lipinski definition) is 5. The Kier molecular flexibility index (Phi) is 4.46. The van der Waals surface area contributed by atoms with E-state index in [1.54, 1.807) is 6.07 Å². The third-order valence-corrected chi connectivity index (χ3v) is 4.86. The molecule has 1 aromatic rings. The number of carboxylic acid groups (broad SMARTS) is 1. The van der Waals surface area contributed by atoms with Crippen LogP contribution in [0.1, 0.15) is 37.9 Å². The predicted octanol–water partition coefficient (Wildman–Crippen LogP) is 1.16. The van der Waals surface area contributed by atoms with Crippen molar-refractivity contribution in [1.82, 2.24) is 5.06 Å². The molecule has 9 nitrogen and oxygen atoms in total. The first-order valence-electron chi connectivity index (χ1n) is 7.08. The number of rotatable bonds is 3. The van der Waals surface area contributed by atoms with Crippen LogP contribution in [0, 0.1) is 5.41 Å². The van der Waals surface area contributed by atoms with E-state index in [-0.39, 0.29) is 22.9 Å². The van der Waals surface area contributed by atoms with Gasteiger partial charge in [-0.25, -0.2) is 4.79 Å². The summed E-state index contributed by atoms with van der Waals surface area (Å²) in [5.74, 6) is -0.557. The SMILES string of the molecule is CC(C)(C)C1c2ccc(S(=O)(=O)N=C(N)N)cc2CN1OC(=O)O. The summed E-state index contributed by atoms with van der Waals surface area (Å²) in [5, 5.41) is 10.2. The fourth-order valence-corrected chi connectivity index (χ4v) is 3.75. The second-order valence-electron chi connectivity index (χ2n) is 6.55. The number of sulfonamides is 1. The molecule has 10 heteroatoms.